The van der Waals surface area contributed by atoms with Gasteiger partial charge in [-0.2, -0.15) is 0 Å². The van der Waals surface area contributed by atoms with Gasteiger partial charge in [0, 0.05) is 17.5 Å². The van der Waals surface area contributed by atoms with Crippen LogP contribution in [0.1, 0.15) is 30.1 Å². The van der Waals surface area contributed by atoms with Gasteiger partial charge in [-0.15, -0.1) is 0 Å². The van der Waals surface area contributed by atoms with Crippen molar-refractivity contribution in [2.75, 3.05) is 18.2 Å². The number of anilines is 1. The molecular weight excluding hydrogens is 326 g/mol. The fraction of sp³-hybridized carbons (Fsp3) is 0.278. The minimum atomic E-state index is -3.31. The zero-order valence-corrected chi connectivity index (χ0v) is 14.6. The van der Waals surface area contributed by atoms with Crippen LogP contribution in [0, 0.1) is 0 Å². The van der Waals surface area contributed by atoms with Crippen LogP contribution in [0.5, 0.6) is 5.75 Å². The maximum atomic E-state index is 12.2. The summed E-state index contributed by atoms with van der Waals surface area (Å²) in [5.74, 6) is 0.417. The van der Waals surface area contributed by atoms with Gasteiger partial charge in [0.2, 0.25) is 0 Å². The van der Waals surface area contributed by atoms with E-state index in [0.717, 1.165) is 24.8 Å². The fourth-order valence-corrected chi connectivity index (χ4v) is 2.71. The number of unbranched alkanes of at least 4 members (excludes halogenated alkanes) is 1. The Bertz CT molecular complexity index is 798. The highest BCUT2D eigenvalue weighted by molar-refractivity contribution is 7.90. The van der Waals surface area contributed by atoms with Crippen molar-refractivity contribution in [2.45, 2.75) is 24.7 Å². The number of hydrogen-bond donors (Lipinski definition) is 1. The summed E-state index contributed by atoms with van der Waals surface area (Å²) in [6.07, 6.45) is 3.18. The number of sulfone groups is 1. The van der Waals surface area contributed by atoms with Crippen molar-refractivity contribution in [3.63, 3.8) is 0 Å². The first kappa shape index (κ1) is 18.0. The summed E-state index contributed by atoms with van der Waals surface area (Å²) in [4.78, 5) is 12.4. The molecule has 24 heavy (non-hydrogen) atoms. The molecule has 1 amide bonds. The van der Waals surface area contributed by atoms with Crippen LogP contribution in [-0.2, 0) is 9.84 Å². The number of rotatable bonds is 7. The minimum absolute atomic E-state index is 0.167. The van der Waals surface area contributed by atoms with E-state index < -0.39 is 9.84 Å². The molecule has 0 saturated heterocycles. The lowest BCUT2D eigenvalue weighted by Crippen LogP contribution is -2.12. The van der Waals surface area contributed by atoms with Gasteiger partial charge < -0.3 is 10.1 Å². The van der Waals surface area contributed by atoms with Gasteiger partial charge in [-0.3, -0.25) is 4.79 Å². The number of carbonyl (C=O) groups excluding carboxylic acids is 1. The molecule has 2 rings (SSSR count). The lowest BCUT2D eigenvalue weighted by atomic mass is 10.2. The van der Waals surface area contributed by atoms with Crippen LogP contribution in [0.25, 0.3) is 0 Å². The van der Waals surface area contributed by atoms with Crippen molar-refractivity contribution in [1.82, 2.24) is 0 Å². The van der Waals surface area contributed by atoms with Crippen LogP contribution < -0.4 is 10.1 Å². The Morgan fingerprint density at radius 1 is 1.12 bits per heavy atom. The van der Waals surface area contributed by atoms with Crippen molar-refractivity contribution in [1.29, 1.82) is 0 Å². The van der Waals surface area contributed by atoms with Crippen molar-refractivity contribution < 1.29 is 17.9 Å². The Morgan fingerprint density at radius 2 is 1.83 bits per heavy atom. The zero-order valence-electron chi connectivity index (χ0n) is 13.8. The van der Waals surface area contributed by atoms with E-state index in [1.165, 1.54) is 12.1 Å². The van der Waals surface area contributed by atoms with Crippen molar-refractivity contribution >= 4 is 21.4 Å². The van der Waals surface area contributed by atoms with Crippen LogP contribution in [0.3, 0.4) is 0 Å². The van der Waals surface area contributed by atoms with Gasteiger partial charge in [0.05, 0.1) is 11.5 Å². The molecule has 5 nitrogen and oxygen atoms in total. The first-order chi connectivity index (χ1) is 11.4. The molecule has 0 unspecified atom stereocenters. The van der Waals surface area contributed by atoms with Crippen LogP contribution in [0.4, 0.5) is 5.69 Å². The second-order valence-corrected chi connectivity index (χ2v) is 7.50. The lowest BCUT2D eigenvalue weighted by molar-refractivity contribution is 0.102. The van der Waals surface area contributed by atoms with Gasteiger partial charge >= 0.3 is 0 Å². The van der Waals surface area contributed by atoms with Gasteiger partial charge in [0.15, 0.2) is 9.84 Å². The van der Waals surface area contributed by atoms with Gasteiger partial charge in [-0.05, 0) is 48.9 Å². The number of nitrogens with one attached hydrogen (secondary N) is 1. The third kappa shape index (κ3) is 5.09. The average Bonchev–Trinajstić information content (AvgIpc) is 2.55. The van der Waals surface area contributed by atoms with E-state index in [2.05, 4.69) is 12.2 Å². The standard InChI is InChI=1S/C18H21NO4S/c1-3-4-12-23-16-10-8-14(9-11-16)18(20)19-15-6-5-7-17(13-15)24(2,21)22/h5-11,13H,3-4,12H2,1-2H3,(H,19,20). The quantitative estimate of drug-likeness (QED) is 0.778. The molecule has 0 radical (unpaired) electrons. The molecule has 0 saturated carbocycles. The molecule has 0 aliphatic rings. The summed E-state index contributed by atoms with van der Waals surface area (Å²) in [5.41, 5.74) is 0.911. The number of benzene rings is 2. The first-order valence-electron chi connectivity index (χ1n) is 7.74. The van der Waals surface area contributed by atoms with Gasteiger partial charge in [0.1, 0.15) is 5.75 Å². The minimum Gasteiger partial charge on any atom is -0.494 e. The maximum Gasteiger partial charge on any atom is 0.255 e. The highest BCUT2D eigenvalue weighted by Gasteiger charge is 2.10. The van der Waals surface area contributed by atoms with Crippen molar-refractivity contribution in [3.05, 3.63) is 54.1 Å². The predicted molar refractivity (Wildman–Crippen MR) is 94.4 cm³/mol. The maximum absolute atomic E-state index is 12.2. The third-order valence-corrected chi connectivity index (χ3v) is 4.51. The van der Waals surface area contributed by atoms with Gasteiger partial charge in [-0.1, -0.05) is 19.4 Å². The van der Waals surface area contributed by atoms with E-state index in [1.807, 2.05) is 0 Å². The number of amides is 1. The number of ether oxygens (including phenoxy) is 1. The molecule has 0 heterocycles. The van der Waals surface area contributed by atoms with Gasteiger partial charge in [0.25, 0.3) is 5.91 Å². The Morgan fingerprint density at radius 3 is 2.46 bits per heavy atom. The molecule has 0 spiro atoms. The van der Waals surface area contributed by atoms with E-state index in [9.17, 15) is 13.2 Å². The van der Waals surface area contributed by atoms with E-state index in [4.69, 9.17) is 4.74 Å². The van der Waals surface area contributed by atoms with Gasteiger partial charge in [-0.25, -0.2) is 8.42 Å². The smallest absolute Gasteiger partial charge is 0.255 e. The summed E-state index contributed by atoms with van der Waals surface area (Å²) < 4.78 is 28.7. The fourth-order valence-electron chi connectivity index (χ4n) is 2.04. The Kier molecular flexibility index (Phi) is 5.98. The Balaban J connectivity index is 2.04. The molecule has 6 heteroatoms. The molecule has 0 aliphatic carbocycles. The van der Waals surface area contributed by atoms with Crippen LogP contribution in [-0.4, -0.2) is 27.2 Å². The van der Waals surface area contributed by atoms with Crippen LogP contribution >= 0.6 is 0 Å². The topological polar surface area (TPSA) is 72.5 Å². The molecule has 0 fully saturated rings. The zero-order chi connectivity index (χ0) is 17.6. The summed E-state index contributed by atoms with van der Waals surface area (Å²) in [7, 11) is -3.31. The predicted octanol–water partition coefficient (Wildman–Crippen LogP) is 3.52. The number of carbonyl (C=O) groups is 1. The molecule has 2 aromatic rings. The second-order valence-electron chi connectivity index (χ2n) is 5.48. The van der Waals surface area contributed by atoms with Crippen LogP contribution in [0.2, 0.25) is 0 Å². The largest absolute Gasteiger partial charge is 0.494 e. The SMILES string of the molecule is CCCCOc1ccc(C(=O)Nc2cccc(S(C)(=O)=O)c2)cc1. The molecule has 0 atom stereocenters. The molecule has 0 bridgehead atoms. The lowest BCUT2D eigenvalue weighted by Gasteiger charge is -2.08. The molecule has 0 aromatic heterocycles. The summed E-state index contributed by atoms with van der Waals surface area (Å²) in [6, 6.07) is 13.0. The average molecular weight is 347 g/mol. The highest BCUT2D eigenvalue weighted by Crippen LogP contribution is 2.17. The van der Waals surface area contributed by atoms with E-state index in [1.54, 1.807) is 36.4 Å². The summed E-state index contributed by atoms with van der Waals surface area (Å²) >= 11 is 0. The normalized spacial score (nSPS) is 11.1. The first-order valence-corrected chi connectivity index (χ1v) is 9.63. The molecule has 0 aliphatic heterocycles. The Labute approximate surface area is 142 Å². The third-order valence-electron chi connectivity index (χ3n) is 3.40. The summed E-state index contributed by atoms with van der Waals surface area (Å²) in [6.45, 7) is 2.75. The van der Waals surface area contributed by atoms with Crippen LogP contribution in [0.15, 0.2) is 53.4 Å². The summed E-state index contributed by atoms with van der Waals surface area (Å²) in [5, 5.41) is 2.70. The highest BCUT2D eigenvalue weighted by atomic mass is 32.2. The van der Waals surface area contributed by atoms with E-state index in [-0.39, 0.29) is 10.8 Å². The number of hydrogen-bond acceptors (Lipinski definition) is 4. The Hall–Kier alpha value is -2.34. The molecule has 1 N–H and O–H groups in total. The van der Waals surface area contributed by atoms with E-state index in [0.29, 0.717) is 17.9 Å². The molecule has 2 aromatic carbocycles. The van der Waals surface area contributed by atoms with Crippen molar-refractivity contribution in [3.8, 4) is 5.75 Å². The second kappa shape index (κ2) is 7.97. The monoisotopic (exact) mass is 347 g/mol. The van der Waals surface area contributed by atoms with E-state index >= 15 is 0 Å². The molecular formula is C18H21NO4S. The van der Waals surface area contributed by atoms with Crippen molar-refractivity contribution in [2.24, 2.45) is 0 Å². The molecule has 128 valence electrons.